The highest BCUT2D eigenvalue weighted by molar-refractivity contribution is 5.66. The van der Waals surface area contributed by atoms with E-state index in [1.165, 1.54) is 6.21 Å². The molecule has 0 saturated carbocycles. The number of rotatable bonds is 2. The third-order valence-electron chi connectivity index (χ3n) is 1.50. The van der Waals surface area contributed by atoms with Gasteiger partial charge in [0.1, 0.15) is 0 Å². The van der Waals surface area contributed by atoms with Gasteiger partial charge in [-0.25, -0.2) is 0 Å². The number of nitrogens with zero attached hydrogens (tertiary/aromatic N) is 2. The van der Waals surface area contributed by atoms with E-state index >= 15 is 0 Å². The van der Waals surface area contributed by atoms with Gasteiger partial charge in [0.2, 0.25) is 0 Å². The molecule has 1 heterocycles. The fourth-order valence-electron chi connectivity index (χ4n) is 0.831. The summed E-state index contributed by atoms with van der Waals surface area (Å²) in [5, 5.41) is 11.2. The van der Waals surface area contributed by atoms with E-state index in [1.54, 1.807) is 12.4 Å². The summed E-state index contributed by atoms with van der Waals surface area (Å²) < 4.78 is 0. The molecule has 0 radical (unpaired) electrons. The lowest BCUT2D eigenvalue weighted by Gasteiger charge is -2.01. The molecule has 0 aliphatic rings. The molecule has 1 atom stereocenters. The number of oxime groups is 1. The van der Waals surface area contributed by atoms with Gasteiger partial charge in [-0.2, -0.15) is 0 Å². The fourth-order valence-corrected chi connectivity index (χ4v) is 0.831. The summed E-state index contributed by atoms with van der Waals surface area (Å²) in [7, 11) is 0. The number of hydrogen-bond donors (Lipinski definition) is 1. The van der Waals surface area contributed by atoms with Crippen LogP contribution in [-0.4, -0.2) is 16.4 Å². The predicted molar refractivity (Wildman–Crippen MR) is 42.9 cm³/mol. The molecule has 1 N–H and O–H groups in total. The van der Waals surface area contributed by atoms with Crippen LogP contribution in [0.3, 0.4) is 0 Å². The van der Waals surface area contributed by atoms with E-state index < -0.39 is 0 Å². The van der Waals surface area contributed by atoms with Crippen LogP contribution in [-0.2, 0) is 0 Å². The van der Waals surface area contributed by atoms with Gasteiger partial charge in [0.05, 0.1) is 6.21 Å². The summed E-state index contributed by atoms with van der Waals surface area (Å²) in [5.74, 6) is 0.119. The molecule has 0 amide bonds. The zero-order chi connectivity index (χ0) is 8.10. The Morgan fingerprint density at radius 2 is 2.55 bits per heavy atom. The normalized spacial score (nSPS) is 13.5. The number of aromatic nitrogens is 1. The Balaban J connectivity index is 2.76. The first-order chi connectivity index (χ1) is 5.34. The molecule has 0 aromatic carbocycles. The van der Waals surface area contributed by atoms with Crippen molar-refractivity contribution in [1.29, 1.82) is 0 Å². The monoisotopic (exact) mass is 150 g/mol. The van der Waals surface area contributed by atoms with E-state index in [0.29, 0.717) is 0 Å². The Labute approximate surface area is 65.4 Å². The van der Waals surface area contributed by atoms with E-state index in [2.05, 4.69) is 10.1 Å². The second kappa shape index (κ2) is 3.71. The second-order valence-corrected chi connectivity index (χ2v) is 2.34. The van der Waals surface area contributed by atoms with Crippen LogP contribution in [0.25, 0.3) is 0 Å². The first-order valence-corrected chi connectivity index (χ1v) is 3.42. The van der Waals surface area contributed by atoms with Crippen molar-refractivity contribution in [1.82, 2.24) is 4.98 Å². The van der Waals surface area contributed by atoms with Crippen LogP contribution in [0.1, 0.15) is 18.4 Å². The summed E-state index contributed by atoms with van der Waals surface area (Å²) in [6.07, 6.45) is 4.94. The van der Waals surface area contributed by atoms with Crippen LogP contribution >= 0.6 is 0 Å². The van der Waals surface area contributed by atoms with Crippen LogP contribution in [0.15, 0.2) is 29.7 Å². The molecular formula is C8H10N2O. The summed E-state index contributed by atoms with van der Waals surface area (Å²) in [5.41, 5.74) is 1.05. The number of hydrogen-bond acceptors (Lipinski definition) is 3. The van der Waals surface area contributed by atoms with Gasteiger partial charge in [-0.15, -0.1) is 5.16 Å². The Morgan fingerprint density at radius 1 is 1.73 bits per heavy atom. The molecule has 1 unspecified atom stereocenters. The maximum atomic E-state index is 8.25. The van der Waals surface area contributed by atoms with Crippen LogP contribution in [0.5, 0.6) is 0 Å². The van der Waals surface area contributed by atoms with Crippen LogP contribution in [0.4, 0.5) is 0 Å². The molecule has 3 heteroatoms. The highest BCUT2D eigenvalue weighted by Gasteiger charge is 2.00. The maximum absolute atomic E-state index is 8.25. The third-order valence-corrected chi connectivity index (χ3v) is 1.50. The minimum Gasteiger partial charge on any atom is -0.411 e. The number of pyridine rings is 1. The molecule has 1 aromatic rings. The average Bonchev–Trinajstić information content (AvgIpc) is 2.07. The second-order valence-electron chi connectivity index (χ2n) is 2.34. The van der Waals surface area contributed by atoms with Crippen LogP contribution in [0.2, 0.25) is 0 Å². The van der Waals surface area contributed by atoms with Gasteiger partial charge in [-0.05, 0) is 11.6 Å². The molecule has 58 valence electrons. The zero-order valence-corrected chi connectivity index (χ0v) is 6.31. The molecule has 0 saturated heterocycles. The lowest BCUT2D eigenvalue weighted by atomic mass is 10.1. The van der Waals surface area contributed by atoms with E-state index in [0.717, 1.165) is 5.56 Å². The molecule has 0 aliphatic carbocycles. The van der Waals surface area contributed by atoms with E-state index in [9.17, 15) is 0 Å². The summed E-state index contributed by atoms with van der Waals surface area (Å²) in [4.78, 5) is 3.94. The predicted octanol–water partition coefficient (Wildman–Crippen LogP) is 1.65. The highest BCUT2D eigenvalue weighted by Crippen LogP contribution is 2.09. The van der Waals surface area contributed by atoms with Crippen molar-refractivity contribution < 1.29 is 5.21 Å². The van der Waals surface area contributed by atoms with Crippen LogP contribution in [0, 0.1) is 0 Å². The lowest BCUT2D eigenvalue weighted by molar-refractivity contribution is 0.320. The molecule has 3 nitrogen and oxygen atoms in total. The van der Waals surface area contributed by atoms with E-state index in [1.807, 2.05) is 19.1 Å². The van der Waals surface area contributed by atoms with Gasteiger partial charge in [0.15, 0.2) is 0 Å². The largest absolute Gasteiger partial charge is 0.411 e. The average molecular weight is 150 g/mol. The fraction of sp³-hybridized carbons (Fsp3) is 0.250. The molecule has 0 spiro atoms. The van der Waals surface area contributed by atoms with Crippen molar-refractivity contribution in [3.63, 3.8) is 0 Å². The molecule has 0 fully saturated rings. The first kappa shape index (κ1) is 7.72. The third kappa shape index (κ3) is 2.04. The van der Waals surface area contributed by atoms with Crippen molar-refractivity contribution in [2.24, 2.45) is 5.16 Å². The minimum atomic E-state index is 0.119. The SMILES string of the molecule is CC(C=NO)c1cccnc1. The Bertz CT molecular complexity index is 233. The first-order valence-electron chi connectivity index (χ1n) is 3.42. The maximum Gasteiger partial charge on any atom is 0.0508 e. The smallest absolute Gasteiger partial charge is 0.0508 e. The molecule has 1 aromatic heterocycles. The Kier molecular flexibility index (Phi) is 2.60. The highest BCUT2D eigenvalue weighted by atomic mass is 16.4. The Morgan fingerprint density at radius 3 is 3.09 bits per heavy atom. The van der Waals surface area contributed by atoms with Crippen molar-refractivity contribution in [2.75, 3.05) is 0 Å². The van der Waals surface area contributed by atoms with Gasteiger partial charge < -0.3 is 5.21 Å². The van der Waals surface area contributed by atoms with E-state index in [-0.39, 0.29) is 5.92 Å². The summed E-state index contributed by atoms with van der Waals surface area (Å²) >= 11 is 0. The van der Waals surface area contributed by atoms with Crippen molar-refractivity contribution in [3.8, 4) is 0 Å². The molecule has 0 bridgehead atoms. The molecule has 0 aliphatic heterocycles. The van der Waals surface area contributed by atoms with E-state index in [4.69, 9.17) is 5.21 Å². The standard InChI is InChI=1S/C8H10N2O/c1-7(5-10-11)8-3-2-4-9-6-8/h2-7,11H,1H3. The lowest BCUT2D eigenvalue weighted by Crippen LogP contribution is -1.94. The topological polar surface area (TPSA) is 45.5 Å². The minimum absolute atomic E-state index is 0.119. The quantitative estimate of drug-likeness (QED) is 0.395. The molecular weight excluding hydrogens is 140 g/mol. The van der Waals surface area contributed by atoms with Crippen molar-refractivity contribution in [3.05, 3.63) is 30.1 Å². The van der Waals surface area contributed by atoms with Gasteiger partial charge >= 0.3 is 0 Å². The molecule has 1 rings (SSSR count). The van der Waals surface area contributed by atoms with Gasteiger partial charge in [0.25, 0.3) is 0 Å². The van der Waals surface area contributed by atoms with Crippen molar-refractivity contribution >= 4 is 6.21 Å². The van der Waals surface area contributed by atoms with Gasteiger partial charge in [-0.3, -0.25) is 4.98 Å². The zero-order valence-electron chi connectivity index (χ0n) is 6.31. The summed E-state index contributed by atoms with van der Waals surface area (Å²) in [6.45, 7) is 1.94. The van der Waals surface area contributed by atoms with Gasteiger partial charge in [-0.1, -0.05) is 13.0 Å². The molecule has 11 heavy (non-hydrogen) atoms. The van der Waals surface area contributed by atoms with Gasteiger partial charge in [0, 0.05) is 18.3 Å². The van der Waals surface area contributed by atoms with Crippen LogP contribution < -0.4 is 0 Å². The summed E-state index contributed by atoms with van der Waals surface area (Å²) in [6, 6.07) is 3.80. The van der Waals surface area contributed by atoms with Crippen molar-refractivity contribution in [2.45, 2.75) is 12.8 Å². The Hall–Kier alpha value is -1.38.